The molecule has 24 heavy (non-hydrogen) atoms. The predicted octanol–water partition coefficient (Wildman–Crippen LogP) is 4.22. The predicted molar refractivity (Wildman–Crippen MR) is 108 cm³/mol. The van der Waals surface area contributed by atoms with Gasteiger partial charge in [-0.25, -0.2) is 0 Å². The first-order valence-electron chi connectivity index (χ1n) is 7.68. The van der Waals surface area contributed by atoms with Gasteiger partial charge < -0.3 is 14.8 Å². The first-order chi connectivity index (χ1) is 10.7. The molecule has 0 spiro atoms. The molecule has 1 N–H and O–H groups in total. The number of methoxy groups -OCH3 is 2. The number of piperazine rings is 1. The topological polar surface area (TPSA) is 33.7 Å². The van der Waals surface area contributed by atoms with Crippen molar-refractivity contribution in [3.05, 3.63) is 34.8 Å². The van der Waals surface area contributed by atoms with E-state index in [0.717, 1.165) is 55.0 Å². The van der Waals surface area contributed by atoms with Crippen LogP contribution in [-0.2, 0) is 0 Å². The van der Waals surface area contributed by atoms with E-state index in [1.54, 1.807) is 14.2 Å². The number of allylic oxidation sites excluding steroid dienone is 1. The van der Waals surface area contributed by atoms with Gasteiger partial charge >= 0.3 is 0 Å². The fourth-order valence-electron chi connectivity index (χ4n) is 2.91. The Hall–Kier alpha value is -0.460. The summed E-state index contributed by atoms with van der Waals surface area (Å²) in [6.45, 7) is 8.06. The molecule has 0 amide bonds. The van der Waals surface area contributed by atoms with E-state index >= 15 is 0 Å². The molecule has 0 aromatic heterocycles. The van der Waals surface area contributed by atoms with Gasteiger partial charge in [0, 0.05) is 32.2 Å². The average molecular weight is 442 g/mol. The maximum atomic E-state index is 5.49. The summed E-state index contributed by atoms with van der Waals surface area (Å²) >= 11 is 3.54. The normalized spacial score (nSPS) is 15.6. The summed E-state index contributed by atoms with van der Waals surface area (Å²) < 4.78 is 11.8. The molecule has 1 aromatic carbocycles. The SMILES string of the molecule is C=CCC[C@H](c1cc(OC)c(Br)c(OC)c1)N1CCNCC1.Cl.Cl. The highest BCUT2D eigenvalue weighted by molar-refractivity contribution is 9.10. The summed E-state index contributed by atoms with van der Waals surface area (Å²) in [6.07, 6.45) is 4.04. The number of hydrogen-bond acceptors (Lipinski definition) is 4. The van der Waals surface area contributed by atoms with Crippen LogP contribution in [0.2, 0.25) is 0 Å². The van der Waals surface area contributed by atoms with E-state index < -0.39 is 0 Å². The van der Waals surface area contributed by atoms with Crippen molar-refractivity contribution >= 4 is 40.7 Å². The number of benzene rings is 1. The van der Waals surface area contributed by atoms with Crippen LogP contribution in [0.4, 0.5) is 0 Å². The van der Waals surface area contributed by atoms with Gasteiger partial charge in [-0.2, -0.15) is 0 Å². The van der Waals surface area contributed by atoms with E-state index in [1.165, 1.54) is 5.56 Å². The third-order valence-electron chi connectivity index (χ3n) is 4.09. The standard InChI is InChI=1S/C17H25BrN2O2.2ClH/c1-4-5-6-14(20-9-7-19-8-10-20)13-11-15(21-2)17(18)16(12-13)22-3;;/h4,11-12,14,19H,1,5-10H2,2-3H3;2*1H/t14-;;/m1../s1. The molecular weight excluding hydrogens is 415 g/mol. The number of nitrogens with zero attached hydrogens (tertiary/aromatic N) is 1. The molecule has 0 radical (unpaired) electrons. The summed E-state index contributed by atoms with van der Waals surface area (Å²) in [6, 6.07) is 4.58. The quantitative estimate of drug-likeness (QED) is 0.642. The second kappa shape index (κ2) is 12.0. The van der Waals surface area contributed by atoms with Gasteiger partial charge in [-0.05, 0) is 46.5 Å². The van der Waals surface area contributed by atoms with Crippen LogP contribution in [-0.4, -0.2) is 45.3 Å². The summed E-state index contributed by atoms with van der Waals surface area (Å²) in [5.74, 6) is 1.63. The Morgan fingerprint density at radius 2 is 1.75 bits per heavy atom. The zero-order valence-corrected chi connectivity index (χ0v) is 17.4. The molecule has 0 unspecified atom stereocenters. The molecule has 0 saturated carbocycles. The fourth-order valence-corrected chi connectivity index (χ4v) is 3.46. The van der Waals surface area contributed by atoms with Crippen LogP contribution in [0.25, 0.3) is 0 Å². The van der Waals surface area contributed by atoms with Crippen molar-refractivity contribution in [2.24, 2.45) is 0 Å². The molecule has 4 nitrogen and oxygen atoms in total. The third-order valence-corrected chi connectivity index (χ3v) is 4.87. The Bertz CT molecular complexity index is 486. The molecule has 1 saturated heterocycles. The zero-order valence-electron chi connectivity index (χ0n) is 14.2. The number of rotatable bonds is 7. The number of halogens is 3. The van der Waals surface area contributed by atoms with Gasteiger partial charge in [0.1, 0.15) is 16.0 Å². The van der Waals surface area contributed by atoms with Crippen molar-refractivity contribution in [3.63, 3.8) is 0 Å². The third kappa shape index (κ3) is 5.81. The highest BCUT2D eigenvalue weighted by atomic mass is 79.9. The largest absolute Gasteiger partial charge is 0.495 e. The minimum absolute atomic E-state index is 0. The van der Waals surface area contributed by atoms with Crippen LogP contribution in [0.5, 0.6) is 11.5 Å². The molecule has 1 aliphatic rings. The van der Waals surface area contributed by atoms with Crippen LogP contribution in [0.15, 0.2) is 29.3 Å². The molecule has 1 heterocycles. The average Bonchev–Trinajstić information content (AvgIpc) is 2.57. The minimum Gasteiger partial charge on any atom is -0.495 e. The molecule has 1 aromatic rings. The van der Waals surface area contributed by atoms with Gasteiger partial charge in [0.05, 0.1) is 14.2 Å². The molecule has 7 heteroatoms. The molecule has 2 rings (SSSR count). The number of hydrogen-bond donors (Lipinski definition) is 1. The first-order valence-corrected chi connectivity index (χ1v) is 8.47. The molecule has 138 valence electrons. The van der Waals surface area contributed by atoms with Crippen molar-refractivity contribution < 1.29 is 9.47 Å². The van der Waals surface area contributed by atoms with Crippen molar-refractivity contribution in [2.75, 3.05) is 40.4 Å². The summed E-state index contributed by atoms with van der Waals surface area (Å²) in [4.78, 5) is 2.53. The van der Waals surface area contributed by atoms with Gasteiger partial charge in [-0.3, -0.25) is 4.90 Å². The molecule has 0 aliphatic carbocycles. The lowest BCUT2D eigenvalue weighted by molar-refractivity contribution is 0.165. The lowest BCUT2D eigenvalue weighted by Gasteiger charge is -2.35. The molecule has 1 aliphatic heterocycles. The van der Waals surface area contributed by atoms with Crippen LogP contribution in [0.3, 0.4) is 0 Å². The Balaban J connectivity index is 0.00000264. The Morgan fingerprint density at radius 3 is 2.21 bits per heavy atom. The number of ether oxygens (including phenoxy) is 2. The van der Waals surface area contributed by atoms with Crippen molar-refractivity contribution in [1.82, 2.24) is 10.2 Å². The lowest BCUT2D eigenvalue weighted by atomic mass is 9.98. The van der Waals surface area contributed by atoms with Gasteiger partial charge in [0.25, 0.3) is 0 Å². The molecule has 1 fully saturated rings. The van der Waals surface area contributed by atoms with E-state index in [4.69, 9.17) is 9.47 Å². The fraction of sp³-hybridized carbons (Fsp3) is 0.529. The Morgan fingerprint density at radius 1 is 1.21 bits per heavy atom. The van der Waals surface area contributed by atoms with Crippen LogP contribution < -0.4 is 14.8 Å². The second-order valence-corrected chi connectivity index (χ2v) is 6.20. The summed E-state index contributed by atoms with van der Waals surface area (Å²) in [7, 11) is 3.37. The second-order valence-electron chi connectivity index (χ2n) is 5.41. The van der Waals surface area contributed by atoms with Crippen molar-refractivity contribution in [1.29, 1.82) is 0 Å². The highest BCUT2D eigenvalue weighted by Crippen LogP contribution is 2.39. The van der Waals surface area contributed by atoms with Gasteiger partial charge in [-0.1, -0.05) is 6.08 Å². The van der Waals surface area contributed by atoms with Gasteiger partial charge in [-0.15, -0.1) is 31.4 Å². The Kier molecular flexibility index (Phi) is 11.8. The first kappa shape index (κ1) is 23.5. The zero-order chi connectivity index (χ0) is 15.9. The van der Waals surface area contributed by atoms with Crippen LogP contribution >= 0.6 is 40.7 Å². The van der Waals surface area contributed by atoms with E-state index in [0.29, 0.717) is 6.04 Å². The van der Waals surface area contributed by atoms with Crippen LogP contribution in [0.1, 0.15) is 24.4 Å². The summed E-state index contributed by atoms with van der Waals surface area (Å²) in [5.41, 5.74) is 1.24. The van der Waals surface area contributed by atoms with Crippen molar-refractivity contribution in [3.8, 4) is 11.5 Å². The summed E-state index contributed by atoms with van der Waals surface area (Å²) in [5, 5.41) is 3.41. The maximum absolute atomic E-state index is 5.49. The maximum Gasteiger partial charge on any atom is 0.137 e. The molecule has 0 bridgehead atoms. The Labute approximate surface area is 165 Å². The minimum atomic E-state index is 0. The van der Waals surface area contributed by atoms with E-state index in [-0.39, 0.29) is 24.8 Å². The van der Waals surface area contributed by atoms with Crippen molar-refractivity contribution in [2.45, 2.75) is 18.9 Å². The van der Waals surface area contributed by atoms with E-state index in [1.807, 2.05) is 6.08 Å². The van der Waals surface area contributed by atoms with Gasteiger partial charge in [0.2, 0.25) is 0 Å². The van der Waals surface area contributed by atoms with Crippen LogP contribution in [0, 0.1) is 0 Å². The number of nitrogens with one attached hydrogen (secondary N) is 1. The molecular formula is C17H27BrCl2N2O2. The highest BCUT2D eigenvalue weighted by Gasteiger charge is 2.23. The van der Waals surface area contributed by atoms with Gasteiger partial charge in [0.15, 0.2) is 0 Å². The monoisotopic (exact) mass is 440 g/mol. The smallest absolute Gasteiger partial charge is 0.137 e. The van der Waals surface area contributed by atoms with E-state index in [9.17, 15) is 0 Å². The molecule has 1 atom stereocenters. The lowest BCUT2D eigenvalue weighted by Crippen LogP contribution is -2.45. The van der Waals surface area contributed by atoms with E-state index in [2.05, 4.69) is 44.9 Å².